The van der Waals surface area contributed by atoms with Gasteiger partial charge in [0.05, 0.1) is 5.41 Å². The molecule has 3 heterocycles. The Hall–Kier alpha value is -1.89. The van der Waals surface area contributed by atoms with Gasteiger partial charge in [0, 0.05) is 31.9 Å². The first-order valence-corrected chi connectivity index (χ1v) is 10.9. The van der Waals surface area contributed by atoms with Crippen molar-refractivity contribution in [2.24, 2.45) is 17.1 Å². The third kappa shape index (κ3) is 3.95. The number of nitrogens with zero attached hydrogens (tertiary/aromatic N) is 4. The number of rotatable bonds is 6. The number of carbonyl (C=O) groups excluding carboxylic acids is 2. The van der Waals surface area contributed by atoms with Crippen molar-refractivity contribution in [1.82, 2.24) is 19.6 Å². The summed E-state index contributed by atoms with van der Waals surface area (Å²) in [5, 5.41) is 4.35. The molecule has 2 N–H and O–H groups in total. The molecule has 0 unspecified atom stereocenters. The van der Waals surface area contributed by atoms with E-state index in [9.17, 15) is 9.59 Å². The highest BCUT2D eigenvalue weighted by molar-refractivity contribution is 5.92. The molecule has 7 nitrogen and oxygen atoms in total. The minimum atomic E-state index is -0.271. The molecule has 1 saturated carbocycles. The smallest absolute Gasteiger partial charge is 0.274 e. The number of aryl methyl sites for hydroxylation is 1. The van der Waals surface area contributed by atoms with Crippen molar-refractivity contribution >= 4 is 11.8 Å². The molecule has 2 aliphatic heterocycles. The van der Waals surface area contributed by atoms with Gasteiger partial charge in [0.1, 0.15) is 5.69 Å². The molecule has 0 bridgehead atoms. The highest BCUT2D eigenvalue weighted by Gasteiger charge is 2.44. The largest absolute Gasteiger partial charge is 0.369 e. The number of piperidine rings is 2. The van der Waals surface area contributed by atoms with Gasteiger partial charge in [-0.3, -0.25) is 14.3 Å². The minimum Gasteiger partial charge on any atom is -0.369 e. The molecule has 28 heavy (non-hydrogen) atoms. The number of primary amides is 1. The van der Waals surface area contributed by atoms with E-state index in [2.05, 4.69) is 10.00 Å². The van der Waals surface area contributed by atoms with Crippen molar-refractivity contribution in [2.75, 3.05) is 26.2 Å². The van der Waals surface area contributed by atoms with Gasteiger partial charge in [-0.05, 0) is 64.1 Å². The molecule has 2 amide bonds. The molecule has 1 aliphatic carbocycles. The molecule has 4 rings (SSSR count). The van der Waals surface area contributed by atoms with Gasteiger partial charge >= 0.3 is 0 Å². The van der Waals surface area contributed by atoms with Crippen LogP contribution in [0, 0.1) is 11.3 Å². The summed E-state index contributed by atoms with van der Waals surface area (Å²) in [5.41, 5.74) is 6.09. The first kappa shape index (κ1) is 19.4. The van der Waals surface area contributed by atoms with Gasteiger partial charge in [-0.25, -0.2) is 0 Å². The van der Waals surface area contributed by atoms with Crippen LogP contribution in [0.25, 0.3) is 0 Å². The summed E-state index contributed by atoms with van der Waals surface area (Å²) in [6, 6.07) is 2.32. The molecule has 2 saturated heterocycles. The predicted octanol–water partition coefficient (Wildman–Crippen LogP) is 1.88. The number of hydrogen-bond donors (Lipinski definition) is 1. The lowest BCUT2D eigenvalue weighted by atomic mass is 9.73. The summed E-state index contributed by atoms with van der Waals surface area (Å²) in [5.74, 6) is 0.678. The normalized spacial score (nSPS) is 23.7. The molecule has 0 aromatic carbocycles. The van der Waals surface area contributed by atoms with Crippen LogP contribution in [0.4, 0.5) is 0 Å². The summed E-state index contributed by atoms with van der Waals surface area (Å²) in [7, 11) is 0. The maximum atomic E-state index is 12.7. The van der Waals surface area contributed by atoms with Gasteiger partial charge < -0.3 is 15.5 Å². The molecule has 0 atom stereocenters. The van der Waals surface area contributed by atoms with Crippen LogP contribution >= 0.6 is 0 Å². The molecular formula is C21H33N5O2. The van der Waals surface area contributed by atoms with E-state index in [-0.39, 0.29) is 17.2 Å². The average molecular weight is 388 g/mol. The Morgan fingerprint density at radius 2 is 1.82 bits per heavy atom. The van der Waals surface area contributed by atoms with Crippen LogP contribution in [0.15, 0.2) is 12.3 Å². The second-order valence-corrected chi connectivity index (χ2v) is 8.91. The highest BCUT2D eigenvalue weighted by Crippen LogP contribution is 2.46. The zero-order valence-electron chi connectivity index (χ0n) is 17.0. The van der Waals surface area contributed by atoms with Crippen molar-refractivity contribution in [3.63, 3.8) is 0 Å². The van der Waals surface area contributed by atoms with Gasteiger partial charge in [-0.2, -0.15) is 5.10 Å². The fourth-order valence-corrected chi connectivity index (χ4v) is 4.99. The zero-order valence-corrected chi connectivity index (χ0v) is 17.0. The Balaban J connectivity index is 1.28. The topological polar surface area (TPSA) is 84.5 Å². The van der Waals surface area contributed by atoms with Crippen LogP contribution in [0.5, 0.6) is 0 Å². The first-order chi connectivity index (χ1) is 13.5. The quantitative estimate of drug-likeness (QED) is 0.808. The van der Waals surface area contributed by atoms with E-state index in [1.165, 1.54) is 12.8 Å². The van der Waals surface area contributed by atoms with E-state index in [0.29, 0.717) is 11.7 Å². The Kier molecular flexibility index (Phi) is 5.45. The first-order valence-electron chi connectivity index (χ1n) is 10.9. The van der Waals surface area contributed by atoms with Crippen molar-refractivity contribution in [1.29, 1.82) is 0 Å². The lowest BCUT2D eigenvalue weighted by Gasteiger charge is -2.45. The Morgan fingerprint density at radius 1 is 1.14 bits per heavy atom. The molecular weight excluding hydrogens is 354 g/mol. The molecule has 1 aromatic rings. The van der Waals surface area contributed by atoms with E-state index in [0.717, 1.165) is 70.7 Å². The summed E-state index contributed by atoms with van der Waals surface area (Å²) < 4.78 is 1.79. The standard InChI is InChI=1S/C21H33N5O2/c1-2-26-12-7-18(23-26)19(27)25-10-5-17(6-11-25)24-13-8-21(9-14-24,20(22)28)15-16-3-4-16/h7,12,16-17H,2-6,8-11,13-15H2,1H3,(H2,22,28). The molecule has 0 radical (unpaired) electrons. The molecule has 3 aliphatic rings. The fraction of sp³-hybridized carbons (Fsp3) is 0.762. The lowest BCUT2D eigenvalue weighted by molar-refractivity contribution is -0.132. The van der Waals surface area contributed by atoms with Crippen molar-refractivity contribution < 1.29 is 9.59 Å². The van der Waals surface area contributed by atoms with Crippen LogP contribution in [0.3, 0.4) is 0 Å². The molecule has 3 fully saturated rings. The van der Waals surface area contributed by atoms with Crippen LogP contribution in [0.1, 0.15) is 62.4 Å². The zero-order chi connectivity index (χ0) is 19.7. The van der Waals surface area contributed by atoms with Crippen LogP contribution < -0.4 is 5.73 Å². The van der Waals surface area contributed by atoms with Gasteiger partial charge in [0.2, 0.25) is 5.91 Å². The van der Waals surface area contributed by atoms with E-state index < -0.39 is 0 Å². The Bertz CT molecular complexity index is 710. The van der Waals surface area contributed by atoms with Crippen LogP contribution in [-0.2, 0) is 11.3 Å². The highest BCUT2D eigenvalue weighted by atomic mass is 16.2. The summed E-state index contributed by atoms with van der Waals surface area (Å²) in [6.07, 6.45) is 9.16. The van der Waals surface area contributed by atoms with Gasteiger partial charge in [-0.1, -0.05) is 12.8 Å². The SMILES string of the molecule is CCn1ccc(C(=O)N2CCC(N3CCC(CC4CC4)(C(N)=O)CC3)CC2)n1. The fourth-order valence-electron chi connectivity index (χ4n) is 4.99. The number of nitrogens with two attached hydrogens (primary N) is 1. The predicted molar refractivity (Wildman–Crippen MR) is 107 cm³/mol. The molecule has 154 valence electrons. The maximum Gasteiger partial charge on any atom is 0.274 e. The summed E-state index contributed by atoms with van der Waals surface area (Å²) in [4.78, 5) is 29.3. The second-order valence-electron chi connectivity index (χ2n) is 8.91. The lowest BCUT2D eigenvalue weighted by Crippen LogP contribution is -2.53. The third-order valence-corrected chi connectivity index (χ3v) is 7.11. The Labute approximate surface area is 167 Å². The second kappa shape index (κ2) is 7.85. The minimum absolute atomic E-state index is 0.0430. The van der Waals surface area contributed by atoms with Gasteiger partial charge in [0.25, 0.3) is 5.91 Å². The summed E-state index contributed by atoms with van der Waals surface area (Å²) in [6.45, 7) is 6.26. The average Bonchev–Trinajstić information content (AvgIpc) is 3.40. The van der Waals surface area contributed by atoms with E-state index >= 15 is 0 Å². The van der Waals surface area contributed by atoms with Gasteiger partial charge in [0.15, 0.2) is 0 Å². The summed E-state index contributed by atoms with van der Waals surface area (Å²) >= 11 is 0. The Morgan fingerprint density at radius 3 is 2.36 bits per heavy atom. The number of likely N-dealkylation sites (tertiary alicyclic amines) is 2. The number of carbonyl (C=O) groups is 2. The monoisotopic (exact) mass is 387 g/mol. The van der Waals surface area contributed by atoms with Crippen molar-refractivity contribution in [3.05, 3.63) is 18.0 Å². The van der Waals surface area contributed by atoms with Crippen LogP contribution in [-0.4, -0.2) is 63.6 Å². The van der Waals surface area contributed by atoms with Crippen LogP contribution in [0.2, 0.25) is 0 Å². The number of hydrogen-bond acceptors (Lipinski definition) is 4. The maximum absolute atomic E-state index is 12.7. The molecule has 1 aromatic heterocycles. The third-order valence-electron chi connectivity index (χ3n) is 7.11. The van der Waals surface area contributed by atoms with Crippen molar-refractivity contribution in [3.8, 4) is 0 Å². The van der Waals surface area contributed by atoms with Gasteiger partial charge in [-0.15, -0.1) is 0 Å². The van der Waals surface area contributed by atoms with E-state index in [1.54, 1.807) is 4.68 Å². The molecule has 0 spiro atoms. The van der Waals surface area contributed by atoms with Crippen molar-refractivity contribution in [2.45, 2.75) is 64.5 Å². The molecule has 7 heteroatoms. The van der Waals surface area contributed by atoms with E-state index in [1.807, 2.05) is 24.1 Å². The number of aromatic nitrogens is 2. The number of amides is 2. The van der Waals surface area contributed by atoms with E-state index in [4.69, 9.17) is 5.73 Å².